The van der Waals surface area contributed by atoms with Crippen molar-refractivity contribution in [2.75, 3.05) is 0 Å². The van der Waals surface area contributed by atoms with Crippen LogP contribution in [-0.2, 0) is 28.8 Å². The van der Waals surface area contributed by atoms with E-state index in [2.05, 4.69) is 13.3 Å². The molecule has 0 aromatic rings. The van der Waals surface area contributed by atoms with Gasteiger partial charge in [0.1, 0.15) is 0 Å². The maximum absolute atomic E-state index is 8.36. The molecule has 11 heteroatoms. The van der Waals surface area contributed by atoms with Crippen molar-refractivity contribution in [1.29, 1.82) is 0 Å². The van der Waals surface area contributed by atoms with Gasteiger partial charge in [0.15, 0.2) is 0 Å². The van der Waals surface area contributed by atoms with Crippen LogP contribution in [0.15, 0.2) is 0 Å². The predicted molar refractivity (Wildman–Crippen MR) is 25.4 cm³/mol. The number of hydrogen-bond acceptors (Lipinski definition) is 4. The fourth-order valence-electron chi connectivity index (χ4n) is 0. The second-order valence-corrected chi connectivity index (χ2v) is 0.476. The number of rotatable bonds is 0. The zero-order valence-electron chi connectivity index (χ0n) is 5.59. The average molecular weight is 283 g/mol. The van der Waals surface area contributed by atoms with Crippen molar-refractivity contribution in [2.24, 2.45) is 0 Å². The Morgan fingerprint density at radius 2 is 0.923 bits per heavy atom. The maximum atomic E-state index is 8.36. The molecular weight excluding hydrogens is 281 g/mol. The van der Waals surface area contributed by atoms with Crippen molar-refractivity contribution in [2.45, 2.75) is 0 Å². The van der Waals surface area contributed by atoms with Gasteiger partial charge in [-0.3, -0.25) is 0 Å². The Balaban J connectivity index is -0.0000000226. The minimum Gasteiger partial charge on any atom is 2.00 e. The van der Waals surface area contributed by atoms with Gasteiger partial charge in [-0.15, -0.1) is 20.2 Å². The van der Waals surface area contributed by atoms with E-state index in [9.17, 15) is 0 Å². The summed E-state index contributed by atoms with van der Waals surface area (Å²) in [5.41, 5.74) is 0. The Morgan fingerprint density at radius 1 is 0.923 bits per heavy atom. The van der Waals surface area contributed by atoms with Gasteiger partial charge >= 0.3 is 42.1 Å². The summed E-state index contributed by atoms with van der Waals surface area (Å²) in [5.74, 6) is 0. The minimum absolute atomic E-state index is 0. The molecule has 0 fully saturated rings. The fourth-order valence-corrected chi connectivity index (χ4v) is 0. The summed E-state index contributed by atoms with van der Waals surface area (Å²) in [4.78, 5) is 16.7. The van der Waals surface area contributed by atoms with E-state index >= 15 is 0 Å². The van der Waals surface area contributed by atoms with E-state index in [0.717, 1.165) is 0 Å². The Bertz CT molecular complexity index is 127. The summed E-state index contributed by atoms with van der Waals surface area (Å²) in [6.07, 6.45) is 0. The van der Waals surface area contributed by atoms with Crippen LogP contribution in [0.2, 0.25) is 0 Å². The topological polar surface area (TPSA) is 167 Å². The summed E-state index contributed by atoms with van der Waals surface area (Å²) in [5, 5.41) is 27.3. The predicted octanol–water partition coefficient (Wildman–Crippen LogP) is -0.773. The van der Waals surface area contributed by atoms with Gasteiger partial charge in [-0.1, -0.05) is 0 Å². The van der Waals surface area contributed by atoms with Crippen LogP contribution in [0.25, 0.3) is 0 Å². The van der Waals surface area contributed by atoms with Crippen LogP contribution in [0, 0.1) is 33.5 Å². The van der Waals surface area contributed by atoms with E-state index in [1.165, 1.54) is 0 Å². The molecule has 74 valence electrons. The van der Waals surface area contributed by atoms with Gasteiger partial charge in [0.25, 0.3) is 10.2 Å². The van der Waals surface area contributed by atoms with Crippen LogP contribution in [0.4, 0.5) is 0 Å². The minimum atomic E-state index is -1.50. The van der Waals surface area contributed by atoms with Gasteiger partial charge in [0, 0.05) is 0 Å². The molecular formula is C2H2N2O8Ru+2. The molecule has 0 aliphatic carbocycles. The van der Waals surface area contributed by atoms with Crippen LogP contribution in [0.5, 0.6) is 0 Å². The summed E-state index contributed by atoms with van der Waals surface area (Å²) in [7, 11) is 0. The fraction of sp³-hybridized carbons (Fsp3) is 0. The Morgan fingerprint density at radius 3 is 0.923 bits per heavy atom. The van der Waals surface area contributed by atoms with E-state index in [1.54, 1.807) is 0 Å². The largest absolute Gasteiger partial charge is 2.00 e. The monoisotopic (exact) mass is 284 g/mol. The second-order valence-electron chi connectivity index (χ2n) is 0.476. The third-order valence-corrected chi connectivity index (χ3v) is 0. The summed E-state index contributed by atoms with van der Waals surface area (Å²) >= 11 is 0. The smallest absolute Gasteiger partial charge is 2.00 e. The Hall–Kier alpha value is -1.50. The zero-order chi connectivity index (χ0) is 11.2. The molecule has 0 atom stereocenters. The normalized spacial score (nSPS) is 4.00. The first-order valence-electron chi connectivity index (χ1n) is 1.54. The van der Waals surface area contributed by atoms with Gasteiger partial charge in [-0.25, -0.2) is 0 Å². The van der Waals surface area contributed by atoms with Crippen LogP contribution < -0.4 is 0 Å². The molecule has 0 unspecified atom stereocenters. The standard InChI is InChI=1S/2CO.2HNO3.Ru/c2*1-2;2*2-1(3)4;/h;;2*(H,2,3,4);/q;;;;+2. The van der Waals surface area contributed by atoms with E-state index < -0.39 is 10.2 Å². The molecule has 0 aliphatic rings. The van der Waals surface area contributed by atoms with Crippen LogP contribution in [-0.4, -0.2) is 20.6 Å². The SMILES string of the molecule is O=[N+]([O-])O.O=[N+]([O-])O.[C-]#[O+].[C-]#[O+].[Ru+2]. The molecule has 0 rings (SSSR count). The molecule has 0 amide bonds. The maximum Gasteiger partial charge on any atom is 2.00 e. The van der Waals surface area contributed by atoms with Crippen LogP contribution >= 0.6 is 0 Å². The van der Waals surface area contributed by atoms with Crippen molar-refractivity contribution in [1.82, 2.24) is 0 Å². The zero-order valence-corrected chi connectivity index (χ0v) is 7.33. The van der Waals surface area contributed by atoms with Gasteiger partial charge in [-0.05, 0) is 0 Å². The van der Waals surface area contributed by atoms with E-state index in [4.69, 9.17) is 39.9 Å². The van der Waals surface area contributed by atoms with E-state index in [0.29, 0.717) is 0 Å². The van der Waals surface area contributed by atoms with Gasteiger partial charge in [0.05, 0.1) is 0 Å². The first kappa shape index (κ1) is 30.0. The van der Waals surface area contributed by atoms with Crippen molar-refractivity contribution < 1.29 is 49.4 Å². The van der Waals surface area contributed by atoms with Crippen LogP contribution in [0.3, 0.4) is 0 Å². The summed E-state index contributed by atoms with van der Waals surface area (Å²) in [6, 6.07) is 0. The Labute approximate surface area is 83.6 Å². The molecule has 0 aromatic carbocycles. The molecule has 0 spiro atoms. The third kappa shape index (κ3) is 339. The number of hydrogen-bond donors (Lipinski definition) is 2. The second kappa shape index (κ2) is 46.8. The summed E-state index contributed by atoms with van der Waals surface area (Å²) < 4.78 is 15.0. The van der Waals surface area contributed by atoms with Crippen LogP contribution in [0.1, 0.15) is 0 Å². The van der Waals surface area contributed by atoms with Gasteiger partial charge in [0.2, 0.25) is 0 Å². The quantitative estimate of drug-likeness (QED) is 0.194. The van der Waals surface area contributed by atoms with Gasteiger partial charge < -0.3 is 10.4 Å². The molecule has 0 saturated heterocycles. The molecule has 13 heavy (non-hydrogen) atoms. The third-order valence-electron chi connectivity index (χ3n) is 0. The van der Waals surface area contributed by atoms with Crippen molar-refractivity contribution in [3.8, 4) is 0 Å². The first-order valence-corrected chi connectivity index (χ1v) is 1.54. The molecule has 0 aromatic heterocycles. The molecule has 0 aliphatic heterocycles. The molecule has 2 N–H and O–H groups in total. The Kier molecular flexibility index (Phi) is 108. The van der Waals surface area contributed by atoms with Crippen molar-refractivity contribution in [3.05, 3.63) is 33.5 Å². The molecule has 10 nitrogen and oxygen atoms in total. The first-order chi connectivity index (χ1) is 5.46. The molecule has 0 bridgehead atoms. The van der Waals surface area contributed by atoms with Crippen molar-refractivity contribution >= 4 is 0 Å². The molecule has 0 saturated carbocycles. The van der Waals surface area contributed by atoms with Gasteiger partial charge in [-0.2, -0.15) is 0 Å². The van der Waals surface area contributed by atoms with E-state index in [1.807, 2.05) is 0 Å². The average Bonchev–Trinajstić information content (AvgIpc) is 1.93. The van der Waals surface area contributed by atoms with Crippen molar-refractivity contribution in [3.63, 3.8) is 0 Å². The molecule has 0 radical (unpaired) electrons. The molecule has 0 heterocycles. The number of nitrogens with zero attached hydrogens (tertiary/aromatic N) is 2. The van der Waals surface area contributed by atoms with E-state index in [-0.39, 0.29) is 19.5 Å². The summed E-state index contributed by atoms with van der Waals surface area (Å²) in [6.45, 7) is 9.00.